The quantitative estimate of drug-likeness (QED) is 0.640. The first kappa shape index (κ1) is 19.8. The van der Waals surface area contributed by atoms with Crippen molar-refractivity contribution < 1.29 is 19.1 Å². The van der Waals surface area contributed by atoms with Gasteiger partial charge in [-0.3, -0.25) is 15.1 Å². The maximum Gasteiger partial charge on any atom is 0.412 e. The van der Waals surface area contributed by atoms with E-state index in [0.717, 1.165) is 35.5 Å². The average Bonchev–Trinajstić information content (AvgIpc) is 3.55. The minimum atomic E-state index is -0.820. The highest BCUT2D eigenvalue weighted by atomic mass is 16.6. The number of fused-ring (bicyclic) bond motifs is 2. The molecule has 1 spiro atoms. The number of anilines is 1. The number of ether oxygens (including phenoxy) is 2. The van der Waals surface area contributed by atoms with E-state index in [0.29, 0.717) is 25.2 Å². The molecule has 166 valence electrons. The number of para-hydroxylation sites is 1. The number of carbonyl (C=O) groups excluding carboxylic acids is 2. The van der Waals surface area contributed by atoms with Gasteiger partial charge in [-0.25, -0.2) is 4.79 Å². The number of hydrogen-bond acceptors (Lipinski definition) is 5. The van der Waals surface area contributed by atoms with E-state index in [2.05, 4.69) is 10.3 Å². The van der Waals surface area contributed by atoms with Gasteiger partial charge in [0.2, 0.25) is 5.91 Å². The van der Waals surface area contributed by atoms with Crippen LogP contribution in [0.15, 0.2) is 73.1 Å². The maximum absolute atomic E-state index is 13.7. The predicted molar refractivity (Wildman–Crippen MR) is 121 cm³/mol. The third kappa shape index (κ3) is 3.31. The van der Waals surface area contributed by atoms with Crippen LogP contribution in [0.5, 0.6) is 11.5 Å². The third-order valence-electron chi connectivity index (χ3n) is 6.90. The second-order valence-electron chi connectivity index (χ2n) is 8.93. The fraction of sp³-hybridized carbons (Fsp3) is 0.269. The highest BCUT2D eigenvalue weighted by molar-refractivity contribution is 5.92. The number of nitrogens with zero attached hydrogens (tertiary/aromatic N) is 2. The highest BCUT2D eigenvalue weighted by Gasteiger charge is 2.57. The fourth-order valence-corrected chi connectivity index (χ4v) is 5.04. The van der Waals surface area contributed by atoms with Gasteiger partial charge in [0, 0.05) is 24.7 Å². The van der Waals surface area contributed by atoms with E-state index in [-0.39, 0.29) is 5.91 Å². The monoisotopic (exact) mass is 441 g/mol. The van der Waals surface area contributed by atoms with E-state index in [9.17, 15) is 9.59 Å². The van der Waals surface area contributed by atoms with Crippen molar-refractivity contribution >= 4 is 17.7 Å². The van der Waals surface area contributed by atoms with E-state index in [1.54, 1.807) is 12.4 Å². The van der Waals surface area contributed by atoms with Gasteiger partial charge in [-0.2, -0.15) is 0 Å². The van der Waals surface area contributed by atoms with Crippen LogP contribution in [-0.2, 0) is 20.5 Å². The van der Waals surface area contributed by atoms with Crippen LogP contribution in [0.3, 0.4) is 0 Å². The summed E-state index contributed by atoms with van der Waals surface area (Å²) in [4.78, 5) is 31.8. The Morgan fingerprint density at radius 3 is 2.52 bits per heavy atom. The predicted octanol–water partition coefficient (Wildman–Crippen LogP) is 4.60. The number of carbonyl (C=O) groups is 2. The summed E-state index contributed by atoms with van der Waals surface area (Å²) in [5, 5.41) is 2.71. The summed E-state index contributed by atoms with van der Waals surface area (Å²) in [5.41, 5.74) is 1.20. The molecule has 6 rings (SSSR count). The first-order valence-electron chi connectivity index (χ1n) is 11.2. The lowest BCUT2D eigenvalue weighted by atomic mass is 9.90. The third-order valence-corrected chi connectivity index (χ3v) is 6.90. The average molecular weight is 441 g/mol. The van der Waals surface area contributed by atoms with E-state index in [1.165, 1.54) is 0 Å². The molecular formula is C26H23N3O4. The molecule has 1 N–H and O–H groups in total. The zero-order valence-corrected chi connectivity index (χ0v) is 18.0. The number of benzene rings is 2. The van der Waals surface area contributed by atoms with Crippen LogP contribution in [0.2, 0.25) is 0 Å². The van der Waals surface area contributed by atoms with Crippen LogP contribution >= 0.6 is 0 Å². The van der Waals surface area contributed by atoms with E-state index >= 15 is 0 Å². The Hall–Kier alpha value is -3.87. The number of amides is 2. The molecule has 0 radical (unpaired) electrons. The molecule has 2 amide bonds. The number of rotatable bonds is 4. The van der Waals surface area contributed by atoms with Crippen LogP contribution in [0.25, 0.3) is 0 Å². The van der Waals surface area contributed by atoms with Crippen molar-refractivity contribution in [3.8, 4) is 11.5 Å². The molecule has 1 aromatic heterocycles. The van der Waals surface area contributed by atoms with Crippen molar-refractivity contribution in [3.63, 3.8) is 0 Å². The first-order chi connectivity index (χ1) is 16.1. The molecule has 3 aromatic rings. The minimum Gasteiger partial charge on any atom is -0.457 e. The lowest BCUT2D eigenvalue weighted by Crippen LogP contribution is -2.44. The minimum absolute atomic E-state index is 0.0984. The Balaban J connectivity index is 1.21. The summed E-state index contributed by atoms with van der Waals surface area (Å²) in [5.74, 6) is 1.61. The SMILES string of the molecule is O=C1Nc2cnccc2C2(CCN(C(=O)C3(c4ccc(Oc5ccccc5)cc4)CC3)C2)O1. The number of aromatic nitrogens is 1. The van der Waals surface area contributed by atoms with Crippen molar-refractivity contribution in [2.75, 3.05) is 18.4 Å². The topological polar surface area (TPSA) is 80.8 Å². The largest absolute Gasteiger partial charge is 0.457 e. The molecule has 2 aromatic carbocycles. The standard InChI is InChI=1S/C26H23N3O4/c30-23(29-15-13-26(17-29)21-10-14-27-16-22(21)28-24(31)33-26)25(11-12-25)18-6-8-20(9-7-18)32-19-4-2-1-3-5-19/h1-10,14,16H,11-13,15,17H2,(H,28,31). The maximum atomic E-state index is 13.7. The second kappa shape index (κ2) is 7.33. The Bertz CT molecular complexity index is 1220. The van der Waals surface area contributed by atoms with Gasteiger partial charge in [0.05, 0.1) is 23.8 Å². The second-order valence-corrected chi connectivity index (χ2v) is 8.93. The van der Waals surface area contributed by atoms with Crippen molar-refractivity contribution in [1.29, 1.82) is 0 Å². The number of pyridine rings is 1. The Morgan fingerprint density at radius 2 is 1.76 bits per heavy atom. The number of hydrogen-bond donors (Lipinski definition) is 1. The Kier molecular flexibility index (Phi) is 4.40. The van der Waals surface area contributed by atoms with Crippen LogP contribution in [0, 0.1) is 0 Å². The van der Waals surface area contributed by atoms with Crippen LogP contribution in [0.4, 0.5) is 10.5 Å². The number of nitrogens with one attached hydrogen (secondary N) is 1. The molecule has 2 fully saturated rings. The molecular weight excluding hydrogens is 418 g/mol. The summed E-state index contributed by atoms with van der Waals surface area (Å²) in [6.45, 7) is 0.901. The molecule has 1 saturated heterocycles. The lowest BCUT2D eigenvalue weighted by Gasteiger charge is -2.35. The van der Waals surface area contributed by atoms with Gasteiger partial charge in [-0.15, -0.1) is 0 Å². The molecule has 3 aliphatic rings. The van der Waals surface area contributed by atoms with Crippen molar-refractivity contribution in [2.45, 2.75) is 30.3 Å². The molecule has 1 unspecified atom stereocenters. The molecule has 2 aliphatic heterocycles. The van der Waals surface area contributed by atoms with Gasteiger partial charge in [0.25, 0.3) is 0 Å². The molecule has 33 heavy (non-hydrogen) atoms. The molecule has 1 atom stereocenters. The zero-order valence-electron chi connectivity index (χ0n) is 18.0. The fourth-order valence-electron chi connectivity index (χ4n) is 5.04. The van der Waals surface area contributed by atoms with E-state index in [4.69, 9.17) is 9.47 Å². The van der Waals surface area contributed by atoms with Crippen LogP contribution < -0.4 is 10.1 Å². The summed E-state index contributed by atoms with van der Waals surface area (Å²) in [6, 6.07) is 19.3. The van der Waals surface area contributed by atoms with Crippen LogP contribution in [0.1, 0.15) is 30.4 Å². The molecule has 1 aliphatic carbocycles. The summed E-state index contributed by atoms with van der Waals surface area (Å²) in [7, 11) is 0. The van der Waals surface area contributed by atoms with E-state index in [1.807, 2.05) is 65.6 Å². The normalized spacial score (nSPS) is 22.3. The highest BCUT2D eigenvalue weighted by Crippen LogP contribution is 2.52. The molecule has 3 heterocycles. The molecule has 0 bridgehead atoms. The van der Waals surface area contributed by atoms with Gasteiger partial charge >= 0.3 is 6.09 Å². The van der Waals surface area contributed by atoms with Gasteiger partial charge in [0.15, 0.2) is 5.60 Å². The molecule has 1 saturated carbocycles. The van der Waals surface area contributed by atoms with Gasteiger partial charge in [-0.1, -0.05) is 30.3 Å². The number of likely N-dealkylation sites (tertiary alicyclic amines) is 1. The van der Waals surface area contributed by atoms with Crippen molar-refractivity contribution in [1.82, 2.24) is 9.88 Å². The smallest absolute Gasteiger partial charge is 0.412 e. The Morgan fingerprint density at radius 1 is 1.00 bits per heavy atom. The van der Waals surface area contributed by atoms with Gasteiger partial charge < -0.3 is 14.4 Å². The van der Waals surface area contributed by atoms with Crippen LogP contribution in [-0.4, -0.2) is 35.0 Å². The van der Waals surface area contributed by atoms with Crippen molar-refractivity contribution in [3.05, 3.63) is 84.2 Å². The van der Waals surface area contributed by atoms with Crippen molar-refractivity contribution in [2.24, 2.45) is 0 Å². The van der Waals surface area contributed by atoms with E-state index < -0.39 is 17.1 Å². The molecule has 7 heteroatoms. The van der Waals surface area contributed by atoms with Gasteiger partial charge in [-0.05, 0) is 48.7 Å². The Labute approximate surface area is 191 Å². The first-order valence-corrected chi connectivity index (χ1v) is 11.2. The summed E-state index contributed by atoms with van der Waals surface area (Å²) < 4.78 is 11.7. The zero-order chi connectivity index (χ0) is 22.5. The van der Waals surface area contributed by atoms with Gasteiger partial charge in [0.1, 0.15) is 11.5 Å². The lowest BCUT2D eigenvalue weighted by molar-refractivity contribution is -0.134. The summed E-state index contributed by atoms with van der Waals surface area (Å²) in [6.07, 6.45) is 5.02. The summed E-state index contributed by atoms with van der Waals surface area (Å²) >= 11 is 0. The molecule has 7 nitrogen and oxygen atoms in total.